The van der Waals surface area contributed by atoms with Gasteiger partial charge in [-0.25, -0.2) is 4.79 Å². The number of hydrogen-bond donors (Lipinski definition) is 2. The van der Waals surface area contributed by atoms with Gasteiger partial charge in [-0.15, -0.1) is 0 Å². The van der Waals surface area contributed by atoms with Crippen molar-refractivity contribution in [2.45, 2.75) is 25.9 Å². The highest BCUT2D eigenvalue weighted by molar-refractivity contribution is 6.30. The Labute approximate surface area is 158 Å². The van der Waals surface area contributed by atoms with Gasteiger partial charge in [-0.05, 0) is 68.8 Å². The molecule has 2 rings (SSSR count). The molecule has 0 aliphatic carbocycles. The molecule has 0 fully saturated rings. The van der Waals surface area contributed by atoms with E-state index in [-0.39, 0.29) is 0 Å². The molecule has 0 saturated carbocycles. The van der Waals surface area contributed by atoms with E-state index in [1.54, 1.807) is 18.2 Å². The zero-order valence-corrected chi connectivity index (χ0v) is 15.8. The highest BCUT2D eigenvalue weighted by Gasteiger charge is 2.29. The normalized spacial score (nSPS) is 11.2. The van der Waals surface area contributed by atoms with Crippen LogP contribution in [-0.4, -0.2) is 36.4 Å². The van der Waals surface area contributed by atoms with Crippen LogP contribution in [0.3, 0.4) is 0 Å². The Kier molecular flexibility index (Phi) is 7.30. The maximum absolute atomic E-state index is 11.1. The lowest BCUT2D eigenvalue weighted by atomic mass is 10.1. The van der Waals surface area contributed by atoms with E-state index in [1.807, 2.05) is 30.3 Å². The Morgan fingerprint density at radius 1 is 1.12 bits per heavy atom. The fourth-order valence-corrected chi connectivity index (χ4v) is 2.36. The summed E-state index contributed by atoms with van der Waals surface area (Å²) in [5.41, 5.74) is -0.176. The van der Waals surface area contributed by atoms with Gasteiger partial charge in [-0.2, -0.15) is 0 Å². The van der Waals surface area contributed by atoms with Gasteiger partial charge in [-0.1, -0.05) is 23.7 Å². The summed E-state index contributed by atoms with van der Waals surface area (Å²) in [5.74, 6) is 0.355. The van der Waals surface area contributed by atoms with Crippen LogP contribution in [-0.2, 0) is 11.2 Å². The second-order valence-electron chi connectivity index (χ2n) is 6.37. The third-order valence-electron chi connectivity index (χ3n) is 3.74. The largest absolute Gasteiger partial charge is 0.492 e. The summed E-state index contributed by atoms with van der Waals surface area (Å²) in [6.45, 7) is 5.15. The smallest absolute Gasteiger partial charge is 0.347 e. The van der Waals surface area contributed by atoms with Gasteiger partial charge in [0.25, 0.3) is 0 Å². The molecule has 0 aliphatic rings. The van der Waals surface area contributed by atoms with E-state index in [0.717, 1.165) is 30.8 Å². The van der Waals surface area contributed by atoms with Gasteiger partial charge in [0.1, 0.15) is 18.1 Å². The van der Waals surface area contributed by atoms with Crippen molar-refractivity contribution in [3.05, 3.63) is 59.1 Å². The third kappa shape index (κ3) is 6.58. The van der Waals surface area contributed by atoms with E-state index in [4.69, 9.17) is 26.2 Å². The number of hydrogen-bond acceptors (Lipinski definition) is 4. The molecule has 0 unspecified atom stereocenters. The number of carboxylic acid groups (broad SMARTS) is 1. The maximum atomic E-state index is 11.1. The summed E-state index contributed by atoms with van der Waals surface area (Å²) in [6, 6.07) is 14.8. The second kappa shape index (κ2) is 9.46. The van der Waals surface area contributed by atoms with Crippen molar-refractivity contribution >= 4 is 17.6 Å². The molecule has 0 heterocycles. The number of carboxylic acids is 1. The highest BCUT2D eigenvalue weighted by Crippen LogP contribution is 2.20. The van der Waals surface area contributed by atoms with Crippen molar-refractivity contribution in [1.29, 1.82) is 0 Å². The number of carbonyl (C=O) groups is 1. The van der Waals surface area contributed by atoms with Gasteiger partial charge < -0.3 is 19.9 Å². The zero-order valence-electron chi connectivity index (χ0n) is 15.0. The molecule has 140 valence electrons. The summed E-state index contributed by atoms with van der Waals surface area (Å²) in [6.07, 6.45) is 0.811. The lowest BCUT2D eigenvalue weighted by molar-refractivity contribution is -0.152. The third-order valence-corrected chi connectivity index (χ3v) is 3.99. The van der Waals surface area contributed by atoms with E-state index in [0.29, 0.717) is 17.4 Å². The molecular weight excluding hydrogens is 354 g/mol. The van der Waals surface area contributed by atoms with E-state index >= 15 is 0 Å². The molecule has 2 N–H and O–H groups in total. The van der Waals surface area contributed by atoms with Crippen molar-refractivity contribution in [3.63, 3.8) is 0 Å². The van der Waals surface area contributed by atoms with Crippen LogP contribution in [0.4, 0.5) is 0 Å². The lowest BCUT2D eigenvalue weighted by Crippen LogP contribution is -2.37. The topological polar surface area (TPSA) is 67.8 Å². The molecule has 2 aromatic rings. The molecule has 0 aromatic heterocycles. The van der Waals surface area contributed by atoms with Gasteiger partial charge in [0, 0.05) is 11.6 Å². The van der Waals surface area contributed by atoms with E-state index < -0.39 is 11.6 Å². The van der Waals surface area contributed by atoms with Crippen LogP contribution in [0.15, 0.2) is 48.5 Å². The fourth-order valence-electron chi connectivity index (χ4n) is 2.23. The second-order valence-corrected chi connectivity index (χ2v) is 6.80. The highest BCUT2D eigenvalue weighted by atomic mass is 35.5. The van der Waals surface area contributed by atoms with Gasteiger partial charge in [0.2, 0.25) is 0 Å². The number of nitrogens with one attached hydrogen (secondary N) is 1. The summed E-state index contributed by atoms with van der Waals surface area (Å²) in [4.78, 5) is 11.1. The first-order valence-corrected chi connectivity index (χ1v) is 8.85. The summed E-state index contributed by atoms with van der Waals surface area (Å²) in [7, 11) is 0. The van der Waals surface area contributed by atoms with Crippen molar-refractivity contribution in [1.82, 2.24) is 5.32 Å². The van der Waals surface area contributed by atoms with Crippen molar-refractivity contribution in [3.8, 4) is 11.5 Å². The predicted octanol–water partition coefficient (Wildman–Crippen LogP) is 3.79. The standard InChI is InChI=1S/C20H24ClNO4/c1-20(2,19(23)24)26-18-5-3-4-15(14-18)10-11-22-12-13-25-17-8-6-16(21)7-9-17/h3-9,14,22H,10-13H2,1-2H3,(H,23,24). The molecule has 0 bridgehead atoms. The minimum absolute atomic E-state index is 0.556. The molecule has 0 spiro atoms. The average molecular weight is 378 g/mol. The van der Waals surface area contributed by atoms with E-state index in [2.05, 4.69) is 5.32 Å². The first kappa shape index (κ1) is 20.1. The van der Waals surface area contributed by atoms with Gasteiger partial charge in [0.05, 0.1) is 0 Å². The van der Waals surface area contributed by atoms with Crippen molar-refractivity contribution in [2.75, 3.05) is 19.7 Å². The lowest BCUT2D eigenvalue weighted by Gasteiger charge is -2.21. The van der Waals surface area contributed by atoms with Crippen LogP contribution in [0.1, 0.15) is 19.4 Å². The Balaban J connectivity index is 1.70. The summed E-state index contributed by atoms with van der Waals surface area (Å²) >= 11 is 5.83. The first-order chi connectivity index (χ1) is 12.4. The molecule has 0 radical (unpaired) electrons. The molecule has 6 heteroatoms. The van der Waals surface area contributed by atoms with Crippen molar-refractivity contribution < 1.29 is 19.4 Å². The average Bonchev–Trinajstić information content (AvgIpc) is 2.59. The van der Waals surface area contributed by atoms with Gasteiger partial charge in [-0.3, -0.25) is 0 Å². The van der Waals surface area contributed by atoms with Crippen LogP contribution in [0, 0.1) is 0 Å². The molecule has 2 aromatic carbocycles. The zero-order chi connectivity index (χ0) is 19.0. The van der Waals surface area contributed by atoms with E-state index in [1.165, 1.54) is 13.8 Å². The minimum atomic E-state index is -1.25. The monoisotopic (exact) mass is 377 g/mol. The van der Waals surface area contributed by atoms with Crippen LogP contribution in [0.2, 0.25) is 5.02 Å². The summed E-state index contributed by atoms with van der Waals surface area (Å²) < 4.78 is 11.2. The van der Waals surface area contributed by atoms with Gasteiger partial charge >= 0.3 is 5.97 Å². The first-order valence-electron chi connectivity index (χ1n) is 8.47. The van der Waals surface area contributed by atoms with Crippen LogP contribution in [0.5, 0.6) is 11.5 Å². The number of ether oxygens (including phenoxy) is 2. The predicted molar refractivity (Wildman–Crippen MR) is 102 cm³/mol. The molecule has 5 nitrogen and oxygen atoms in total. The Morgan fingerprint density at radius 3 is 2.54 bits per heavy atom. The van der Waals surface area contributed by atoms with Crippen LogP contribution < -0.4 is 14.8 Å². The number of benzene rings is 2. The quantitative estimate of drug-likeness (QED) is 0.616. The molecule has 0 aliphatic heterocycles. The fraction of sp³-hybridized carbons (Fsp3) is 0.350. The number of aliphatic carboxylic acids is 1. The molecule has 0 amide bonds. The number of halogens is 1. The molecule has 0 saturated heterocycles. The molecular formula is C20H24ClNO4. The van der Waals surface area contributed by atoms with Crippen LogP contribution in [0.25, 0.3) is 0 Å². The maximum Gasteiger partial charge on any atom is 0.347 e. The van der Waals surface area contributed by atoms with Gasteiger partial charge in [0.15, 0.2) is 5.60 Å². The Morgan fingerprint density at radius 2 is 1.85 bits per heavy atom. The van der Waals surface area contributed by atoms with Crippen molar-refractivity contribution in [2.24, 2.45) is 0 Å². The molecule has 0 atom stereocenters. The van der Waals surface area contributed by atoms with E-state index in [9.17, 15) is 4.79 Å². The SMILES string of the molecule is CC(C)(Oc1cccc(CCNCCOc2ccc(Cl)cc2)c1)C(=O)O. The minimum Gasteiger partial charge on any atom is -0.492 e. The molecule has 26 heavy (non-hydrogen) atoms. The van der Waals surface area contributed by atoms with Crippen LogP contribution >= 0.6 is 11.6 Å². The number of rotatable bonds is 10. The summed E-state index contributed by atoms with van der Waals surface area (Å²) in [5, 5.41) is 13.1. The Bertz CT molecular complexity index is 716. The Hall–Kier alpha value is -2.24.